The quantitative estimate of drug-likeness (QED) is 0.335. The van der Waals surface area contributed by atoms with Crippen LogP contribution in [0.5, 0.6) is 0 Å². The molecule has 0 heterocycles. The Morgan fingerprint density at radius 3 is 2.88 bits per heavy atom. The average molecular weight is 135 g/mol. The van der Waals surface area contributed by atoms with E-state index in [0.717, 1.165) is 0 Å². The maximum atomic E-state index is 9.83. The molecule has 0 spiro atoms. The van der Waals surface area contributed by atoms with Crippen molar-refractivity contribution in [3.05, 3.63) is 12.7 Å². The summed E-state index contributed by atoms with van der Waals surface area (Å²) in [5, 5.41) is 0. The molecule has 8 heavy (non-hydrogen) atoms. The molecule has 0 aliphatic carbocycles. The standard InChI is InChI=1S/C5H7ClO2/c1-2-3-4-8-5(6)7/h2H,1,3-4H2. The summed E-state index contributed by atoms with van der Waals surface area (Å²) in [5.41, 5.74) is -0.758. The Morgan fingerprint density at radius 2 is 2.50 bits per heavy atom. The summed E-state index contributed by atoms with van der Waals surface area (Å²) in [6.45, 7) is 3.75. The van der Waals surface area contributed by atoms with Crippen molar-refractivity contribution < 1.29 is 9.53 Å². The van der Waals surface area contributed by atoms with Crippen LogP contribution in [-0.4, -0.2) is 12.0 Å². The second kappa shape index (κ2) is 4.65. The Morgan fingerprint density at radius 1 is 1.88 bits per heavy atom. The maximum absolute atomic E-state index is 9.83. The fourth-order valence-electron chi connectivity index (χ4n) is 0.223. The van der Waals surface area contributed by atoms with Crippen LogP contribution in [0.4, 0.5) is 4.79 Å². The first kappa shape index (κ1) is 7.50. The molecule has 3 heteroatoms. The number of hydrogen-bond donors (Lipinski definition) is 0. The lowest BCUT2D eigenvalue weighted by Crippen LogP contribution is -1.93. The first-order valence-corrected chi connectivity index (χ1v) is 2.58. The zero-order chi connectivity index (χ0) is 6.41. The van der Waals surface area contributed by atoms with Crippen molar-refractivity contribution in [3.8, 4) is 0 Å². The topological polar surface area (TPSA) is 26.3 Å². The fourth-order valence-corrected chi connectivity index (χ4v) is 0.300. The molecule has 46 valence electrons. The first-order valence-electron chi connectivity index (χ1n) is 2.20. The van der Waals surface area contributed by atoms with Crippen LogP contribution in [0.3, 0.4) is 0 Å². The van der Waals surface area contributed by atoms with E-state index < -0.39 is 5.43 Å². The van der Waals surface area contributed by atoms with Gasteiger partial charge in [0.1, 0.15) is 0 Å². The largest absolute Gasteiger partial charge is 0.453 e. The van der Waals surface area contributed by atoms with Crippen LogP contribution in [0.2, 0.25) is 0 Å². The highest BCUT2D eigenvalue weighted by Gasteiger charge is 1.90. The third-order valence-corrected chi connectivity index (χ3v) is 0.647. The number of carbonyl (C=O) groups is 1. The third kappa shape index (κ3) is 5.50. The van der Waals surface area contributed by atoms with Gasteiger partial charge in [-0.2, -0.15) is 0 Å². The Hall–Kier alpha value is -0.500. The number of hydrogen-bond acceptors (Lipinski definition) is 2. The minimum absolute atomic E-state index is 0.325. The van der Waals surface area contributed by atoms with Crippen LogP contribution in [0.25, 0.3) is 0 Å². The molecule has 0 atom stereocenters. The highest BCUT2D eigenvalue weighted by Crippen LogP contribution is 1.88. The van der Waals surface area contributed by atoms with Gasteiger partial charge in [0.05, 0.1) is 6.61 Å². The van der Waals surface area contributed by atoms with Gasteiger partial charge in [-0.3, -0.25) is 0 Å². The molecule has 0 saturated carbocycles. The van der Waals surface area contributed by atoms with Crippen molar-refractivity contribution >= 4 is 17.0 Å². The Bertz CT molecular complexity index is 90.4. The molecule has 0 aliphatic heterocycles. The molecule has 0 aromatic heterocycles. The van der Waals surface area contributed by atoms with Gasteiger partial charge in [-0.1, -0.05) is 6.08 Å². The lowest BCUT2D eigenvalue weighted by atomic mass is 10.5. The molecule has 0 rings (SSSR count). The van der Waals surface area contributed by atoms with Crippen LogP contribution in [0, 0.1) is 0 Å². The molecule has 0 aromatic rings. The van der Waals surface area contributed by atoms with E-state index in [2.05, 4.69) is 11.3 Å². The Labute approximate surface area is 53.1 Å². The summed E-state index contributed by atoms with van der Waals surface area (Å²) in [5.74, 6) is 0. The normalized spacial score (nSPS) is 8.12. The lowest BCUT2D eigenvalue weighted by molar-refractivity contribution is 0.175. The van der Waals surface area contributed by atoms with Gasteiger partial charge in [0.2, 0.25) is 0 Å². The summed E-state index contributed by atoms with van der Waals surface area (Å²) >= 11 is 4.82. The van der Waals surface area contributed by atoms with Crippen molar-refractivity contribution in [2.24, 2.45) is 0 Å². The number of halogens is 1. The van der Waals surface area contributed by atoms with Gasteiger partial charge in [0.25, 0.3) is 0 Å². The van der Waals surface area contributed by atoms with Crippen LogP contribution in [0.1, 0.15) is 6.42 Å². The second-order valence-corrected chi connectivity index (χ2v) is 1.47. The zero-order valence-corrected chi connectivity index (χ0v) is 5.15. The van der Waals surface area contributed by atoms with E-state index >= 15 is 0 Å². The van der Waals surface area contributed by atoms with Gasteiger partial charge >= 0.3 is 5.43 Å². The van der Waals surface area contributed by atoms with E-state index in [0.29, 0.717) is 13.0 Å². The monoisotopic (exact) mass is 134 g/mol. The Balaban J connectivity index is 2.93. The van der Waals surface area contributed by atoms with Gasteiger partial charge in [-0.25, -0.2) is 4.79 Å². The molecule has 0 radical (unpaired) electrons. The summed E-state index contributed by atoms with van der Waals surface area (Å²) in [6.07, 6.45) is 2.30. The molecule has 0 aromatic carbocycles. The van der Waals surface area contributed by atoms with E-state index in [1.807, 2.05) is 0 Å². The lowest BCUT2D eigenvalue weighted by Gasteiger charge is -1.92. The summed E-state index contributed by atoms with van der Waals surface area (Å²) in [6, 6.07) is 0. The van der Waals surface area contributed by atoms with Crippen LogP contribution in [-0.2, 0) is 4.74 Å². The summed E-state index contributed by atoms with van der Waals surface area (Å²) < 4.78 is 4.34. The molecule has 2 nitrogen and oxygen atoms in total. The van der Waals surface area contributed by atoms with Crippen molar-refractivity contribution in [2.75, 3.05) is 6.61 Å². The Kier molecular flexibility index (Phi) is 4.36. The fraction of sp³-hybridized carbons (Fsp3) is 0.400. The van der Waals surface area contributed by atoms with E-state index in [1.165, 1.54) is 0 Å². The van der Waals surface area contributed by atoms with Gasteiger partial charge in [-0.05, 0) is 6.42 Å². The molecule has 0 fully saturated rings. The highest BCUT2D eigenvalue weighted by molar-refractivity contribution is 6.61. The number of rotatable bonds is 3. The van der Waals surface area contributed by atoms with Crippen molar-refractivity contribution in [1.82, 2.24) is 0 Å². The minimum atomic E-state index is -0.758. The molecule has 0 N–H and O–H groups in total. The minimum Gasteiger partial charge on any atom is -0.453 e. The highest BCUT2D eigenvalue weighted by atomic mass is 35.5. The van der Waals surface area contributed by atoms with Gasteiger partial charge in [-0.15, -0.1) is 6.58 Å². The molecular weight excluding hydrogens is 128 g/mol. The molecule has 0 saturated heterocycles. The van der Waals surface area contributed by atoms with E-state index in [-0.39, 0.29) is 0 Å². The van der Waals surface area contributed by atoms with E-state index in [1.54, 1.807) is 6.08 Å². The van der Waals surface area contributed by atoms with E-state index in [4.69, 9.17) is 11.6 Å². The van der Waals surface area contributed by atoms with Crippen LogP contribution >= 0.6 is 11.6 Å². The van der Waals surface area contributed by atoms with Crippen molar-refractivity contribution in [3.63, 3.8) is 0 Å². The number of carbonyl (C=O) groups excluding carboxylic acids is 1. The molecule has 0 unspecified atom stereocenters. The van der Waals surface area contributed by atoms with E-state index in [9.17, 15) is 4.79 Å². The molecule has 0 aliphatic rings. The maximum Gasteiger partial charge on any atom is 0.403 e. The van der Waals surface area contributed by atoms with Gasteiger partial charge < -0.3 is 4.74 Å². The first-order chi connectivity index (χ1) is 3.77. The molecule has 0 amide bonds. The van der Waals surface area contributed by atoms with Crippen LogP contribution < -0.4 is 0 Å². The number of ether oxygens (including phenoxy) is 1. The molecule has 0 bridgehead atoms. The predicted octanol–water partition coefficient (Wildman–Crippen LogP) is 1.94. The van der Waals surface area contributed by atoms with Gasteiger partial charge in [0.15, 0.2) is 0 Å². The van der Waals surface area contributed by atoms with Crippen molar-refractivity contribution in [1.29, 1.82) is 0 Å². The van der Waals surface area contributed by atoms with Crippen molar-refractivity contribution in [2.45, 2.75) is 6.42 Å². The van der Waals surface area contributed by atoms with Crippen LogP contribution in [0.15, 0.2) is 12.7 Å². The zero-order valence-electron chi connectivity index (χ0n) is 4.39. The summed E-state index contributed by atoms with van der Waals surface area (Å²) in [4.78, 5) is 9.83. The average Bonchev–Trinajstić information content (AvgIpc) is 1.66. The predicted molar refractivity (Wildman–Crippen MR) is 32.0 cm³/mol. The summed E-state index contributed by atoms with van der Waals surface area (Å²) in [7, 11) is 0. The van der Waals surface area contributed by atoms with Gasteiger partial charge in [0, 0.05) is 11.6 Å². The smallest absolute Gasteiger partial charge is 0.403 e. The second-order valence-electron chi connectivity index (χ2n) is 1.16. The SMILES string of the molecule is C=CCCOC(=O)Cl. The molecular formula is C5H7ClO2. The third-order valence-electron chi connectivity index (χ3n) is 0.538.